The number of allylic oxidation sites excluding steroid dienone is 4. The predicted molar refractivity (Wildman–Crippen MR) is 128 cm³/mol. The molecular formula is C24H25N5O4. The molecule has 0 aliphatic heterocycles. The molecule has 0 saturated heterocycles. The van der Waals surface area contributed by atoms with E-state index in [9.17, 15) is 14.4 Å². The van der Waals surface area contributed by atoms with E-state index in [1.54, 1.807) is 11.7 Å². The summed E-state index contributed by atoms with van der Waals surface area (Å²) in [6.45, 7) is 5.38. The summed E-state index contributed by atoms with van der Waals surface area (Å²) in [5, 5.41) is 0. The molecule has 1 N–H and O–H groups in total. The molecule has 3 aromatic heterocycles. The number of aromatic nitrogens is 5. The lowest BCUT2D eigenvalue weighted by Gasteiger charge is -2.14. The molecule has 0 unspecified atom stereocenters. The van der Waals surface area contributed by atoms with Gasteiger partial charge in [0.05, 0.1) is 18.5 Å². The number of aryl methyl sites for hydroxylation is 1. The van der Waals surface area contributed by atoms with Crippen LogP contribution in [0.5, 0.6) is 5.75 Å². The van der Waals surface area contributed by atoms with Crippen LogP contribution in [0, 0.1) is 0 Å². The number of rotatable bonds is 6. The maximum absolute atomic E-state index is 13.0. The van der Waals surface area contributed by atoms with Crippen LogP contribution in [0.15, 0.2) is 52.1 Å². The number of hydrogen-bond donors (Lipinski definition) is 1. The van der Waals surface area contributed by atoms with Crippen molar-refractivity contribution in [1.29, 1.82) is 0 Å². The number of fused-ring (bicyclic) bond motifs is 3. The number of benzene rings is 1. The zero-order chi connectivity index (χ0) is 23.9. The van der Waals surface area contributed by atoms with E-state index >= 15 is 0 Å². The van der Waals surface area contributed by atoms with Crippen LogP contribution in [0.3, 0.4) is 0 Å². The molecule has 0 aliphatic carbocycles. The lowest BCUT2D eigenvalue weighted by atomic mass is 10.1. The first kappa shape index (κ1) is 22.1. The molecule has 9 heteroatoms. The van der Waals surface area contributed by atoms with Crippen molar-refractivity contribution in [3.05, 3.63) is 74.7 Å². The molecule has 0 spiro atoms. The zero-order valence-corrected chi connectivity index (χ0v) is 19.2. The lowest BCUT2D eigenvalue weighted by molar-refractivity contribution is 0.101. The Morgan fingerprint density at radius 1 is 1.18 bits per heavy atom. The van der Waals surface area contributed by atoms with E-state index in [4.69, 9.17) is 4.74 Å². The van der Waals surface area contributed by atoms with E-state index in [0.29, 0.717) is 28.6 Å². The third-order valence-corrected chi connectivity index (χ3v) is 5.52. The summed E-state index contributed by atoms with van der Waals surface area (Å²) in [5.74, 6) is 0.648. The number of ketones is 1. The van der Waals surface area contributed by atoms with Crippen molar-refractivity contribution in [2.45, 2.75) is 27.2 Å². The third kappa shape index (κ3) is 3.42. The number of imidazole rings is 2. The summed E-state index contributed by atoms with van der Waals surface area (Å²) in [4.78, 5) is 45.0. The molecule has 0 fully saturated rings. The molecule has 9 nitrogen and oxygen atoms in total. The minimum Gasteiger partial charge on any atom is -0.495 e. The fourth-order valence-corrected chi connectivity index (χ4v) is 4.00. The summed E-state index contributed by atoms with van der Waals surface area (Å²) < 4.78 is 10.2. The second-order valence-electron chi connectivity index (χ2n) is 7.68. The number of ether oxygens (including phenoxy) is 1. The van der Waals surface area contributed by atoms with E-state index in [1.807, 2.05) is 56.3 Å². The average Bonchev–Trinajstić information content (AvgIpc) is 3.32. The first-order chi connectivity index (χ1) is 15.8. The second kappa shape index (κ2) is 8.42. The number of carbonyl (C=O) groups is 1. The smallest absolute Gasteiger partial charge is 0.329 e. The van der Waals surface area contributed by atoms with Gasteiger partial charge in [-0.3, -0.25) is 28.1 Å². The van der Waals surface area contributed by atoms with Crippen LogP contribution in [0.1, 0.15) is 43.4 Å². The molecule has 0 aliphatic rings. The normalized spacial score (nSPS) is 12.3. The summed E-state index contributed by atoms with van der Waals surface area (Å²) in [5.41, 5.74) is 1.45. The van der Waals surface area contributed by atoms with Crippen molar-refractivity contribution >= 4 is 28.3 Å². The summed E-state index contributed by atoms with van der Waals surface area (Å²) in [7, 11) is 3.09. The largest absolute Gasteiger partial charge is 0.495 e. The first-order valence-electron chi connectivity index (χ1n) is 10.6. The average molecular weight is 447 g/mol. The number of nitrogens with zero attached hydrogens (tertiary/aromatic N) is 4. The fourth-order valence-electron chi connectivity index (χ4n) is 4.00. The lowest BCUT2D eigenvalue weighted by Crippen LogP contribution is -2.29. The van der Waals surface area contributed by atoms with Crippen molar-refractivity contribution in [1.82, 2.24) is 23.5 Å². The van der Waals surface area contributed by atoms with Gasteiger partial charge in [-0.15, -0.1) is 0 Å². The molecule has 0 radical (unpaired) electrons. The SMILES string of the molecule is CC/C=C\C=C(/C)c1c(C(C)=O)n2c3c(=O)[nH]c(=O)n(C)c3nc2n1-c1ccccc1OC. The molecule has 4 rings (SSSR count). The van der Waals surface area contributed by atoms with Gasteiger partial charge in [-0.2, -0.15) is 4.98 Å². The van der Waals surface area contributed by atoms with Gasteiger partial charge >= 0.3 is 5.69 Å². The van der Waals surface area contributed by atoms with Gasteiger partial charge in [-0.1, -0.05) is 37.3 Å². The fraction of sp³-hybridized carbons (Fsp3) is 0.250. The second-order valence-corrected chi connectivity index (χ2v) is 7.68. The molecule has 4 aromatic rings. The Morgan fingerprint density at radius 2 is 1.91 bits per heavy atom. The quantitative estimate of drug-likeness (QED) is 0.361. The highest BCUT2D eigenvalue weighted by Crippen LogP contribution is 2.34. The predicted octanol–water partition coefficient (Wildman–Crippen LogP) is 3.25. The van der Waals surface area contributed by atoms with Crippen molar-refractivity contribution in [2.75, 3.05) is 7.11 Å². The zero-order valence-electron chi connectivity index (χ0n) is 19.2. The molecule has 0 atom stereocenters. The first-order valence-corrected chi connectivity index (χ1v) is 10.6. The number of H-pyrrole nitrogens is 1. The van der Waals surface area contributed by atoms with E-state index in [1.165, 1.54) is 22.9 Å². The topological polar surface area (TPSA) is 103 Å². The van der Waals surface area contributed by atoms with Gasteiger partial charge in [0.15, 0.2) is 16.9 Å². The molecule has 33 heavy (non-hydrogen) atoms. The van der Waals surface area contributed by atoms with Crippen LogP contribution < -0.4 is 16.0 Å². The molecule has 3 heterocycles. The maximum Gasteiger partial charge on any atom is 0.329 e. The number of para-hydroxylation sites is 2. The Labute approximate surface area is 189 Å². The van der Waals surface area contributed by atoms with Crippen LogP contribution in [0.25, 0.3) is 28.2 Å². The molecular weight excluding hydrogens is 422 g/mol. The van der Waals surface area contributed by atoms with Crippen LogP contribution in [0.4, 0.5) is 0 Å². The Bertz CT molecular complexity index is 1580. The summed E-state index contributed by atoms with van der Waals surface area (Å²) in [6.07, 6.45) is 6.72. The van der Waals surface area contributed by atoms with Gasteiger partial charge in [-0.25, -0.2) is 4.79 Å². The van der Waals surface area contributed by atoms with Gasteiger partial charge in [0.25, 0.3) is 5.56 Å². The monoisotopic (exact) mass is 447 g/mol. The molecule has 0 amide bonds. The highest BCUT2D eigenvalue weighted by Gasteiger charge is 2.28. The van der Waals surface area contributed by atoms with Crippen molar-refractivity contribution in [3.63, 3.8) is 0 Å². The Kier molecular flexibility index (Phi) is 5.63. The Hall–Kier alpha value is -4.14. The number of nitrogens with one attached hydrogen (secondary N) is 1. The van der Waals surface area contributed by atoms with Crippen LogP contribution in [0.2, 0.25) is 0 Å². The molecule has 1 aromatic carbocycles. The number of hydrogen-bond acceptors (Lipinski definition) is 5. The minimum atomic E-state index is -0.612. The highest BCUT2D eigenvalue weighted by molar-refractivity contribution is 6.00. The van der Waals surface area contributed by atoms with Gasteiger partial charge in [0.1, 0.15) is 11.4 Å². The van der Waals surface area contributed by atoms with Gasteiger partial charge < -0.3 is 4.74 Å². The van der Waals surface area contributed by atoms with E-state index in [0.717, 1.165) is 12.0 Å². The van der Waals surface area contributed by atoms with Crippen LogP contribution >= 0.6 is 0 Å². The highest BCUT2D eigenvalue weighted by atomic mass is 16.5. The minimum absolute atomic E-state index is 0.129. The number of methoxy groups -OCH3 is 1. The summed E-state index contributed by atoms with van der Waals surface area (Å²) in [6, 6.07) is 7.36. The van der Waals surface area contributed by atoms with E-state index < -0.39 is 11.2 Å². The van der Waals surface area contributed by atoms with Crippen molar-refractivity contribution < 1.29 is 9.53 Å². The van der Waals surface area contributed by atoms with E-state index in [2.05, 4.69) is 9.97 Å². The van der Waals surface area contributed by atoms with Crippen molar-refractivity contribution in [2.24, 2.45) is 7.05 Å². The maximum atomic E-state index is 13.0. The molecule has 0 bridgehead atoms. The van der Waals surface area contributed by atoms with Gasteiger partial charge in [0, 0.05) is 14.0 Å². The van der Waals surface area contributed by atoms with Crippen molar-refractivity contribution in [3.8, 4) is 11.4 Å². The van der Waals surface area contributed by atoms with Crippen LogP contribution in [-0.4, -0.2) is 36.4 Å². The number of carbonyl (C=O) groups excluding carboxylic acids is 1. The van der Waals surface area contributed by atoms with Gasteiger partial charge in [-0.05, 0) is 31.1 Å². The third-order valence-electron chi connectivity index (χ3n) is 5.52. The molecule has 170 valence electrons. The Morgan fingerprint density at radius 3 is 2.58 bits per heavy atom. The number of Topliss-reactive ketones (excluding diaryl/α,β-unsaturated/α-hetero) is 1. The summed E-state index contributed by atoms with van der Waals surface area (Å²) >= 11 is 0. The van der Waals surface area contributed by atoms with E-state index in [-0.39, 0.29) is 16.9 Å². The Balaban J connectivity index is 2.30. The van der Waals surface area contributed by atoms with Gasteiger partial charge in [0.2, 0.25) is 5.78 Å². The molecule has 0 saturated carbocycles. The van der Waals surface area contributed by atoms with Crippen LogP contribution in [-0.2, 0) is 7.05 Å². The number of aromatic amines is 1. The standard InChI is InChI=1S/C24H25N5O4/c1-6-7-8-11-14(2)18-19(15(3)30)29-20-21(27(4)24(32)26-22(20)31)25-23(29)28(18)16-12-9-10-13-17(16)33-5/h7-13H,6H2,1-5H3,(H,26,31,32)/b8-7-,14-11+.